The maximum Gasteiger partial charge on any atom is 0.194 e. The number of hydrogen-bond donors (Lipinski definition) is 0. The molecule has 2 aliphatic rings. The molecule has 0 bridgehead atoms. The lowest BCUT2D eigenvalue weighted by Crippen LogP contribution is -2.30. The van der Waals surface area contributed by atoms with Crippen molar-refractivity contribution in [3.63, 3.8) is 0 Å². The number of nitriles is 2. The zero-order valence-corrected chi connectivity index (χ0v) is 23.7. The molecule has 1 aliphatic heterocycles. The summed E-state index contributed by atoms with van der Waals surface area (Å²) in [7, 11) is 5.97. The molecule has 4 nitrogen and oxygen atoms in total. The summed E-state index contributed by atoms with van der Waals surface area (Å²) in [6, 6.07) is 38.4. The van der Waals surface area contributed by atoms with Crippen molar-refractivity contribution >= 4 is 58.6 Å². The number of allylic oxidation sites excluding steroid dienone is 3. The maximum absolute atomic E-state index is 13.5. The monoisotopic (exact) mass is 549 g/mol. The predicted octanol–water partition coefficient (Wildman–Crippen LogP) is 7.82. The van der Waals surface area contributed by atoms with Gasteiger partial charge >= 0.3 is 0 Å². The van der Waals surface area contributed by atoms with Gasteiger partial charge in [-0.1, -0.05) is 92.1 Å². The molecule has 0 N–H and O–H groups in total. The van der Waals surface area contributed by atoms with Gasteiger partial charge in [0, 0.05) is 27.8 Å². The van der Waals surface area contributed by atoms with Crippen LogP contribution in [-0.2, 0) is 5.41 Å². The highest BCUT2D eigenvalue weighted by Gasteiger charge is 2.38. The molecule has 0 saturated carbocycles. The average molecular weight is 549 g/mol. The van der Waals surface area contributed by atoms with Crippen molar-refractivity contribution in [1.82, 2.24) is 0 Å². The summed E-state index contributed by atoms with van der Waals surface area (Å²) in [6.07, 6.45) is 1.78. The predicted molar refractivity (Wildman–Crippen MR) is 173 cm³/mol. The first-order valence-corrected chi connectivity index (χ1v) is 14.1. The Morgan fingerprint density at radius 2 is 1.56 bits per heavy atom. The lowest BCUT2D eigenvalue weighted by atomic mass is 9.71. The van der Waals surface area contributed by atoms with Gasteiger partial charge in [-0.15, -0.1) is 0 Å². The molecule has 5 heteroatoms. The molecule has 1 heterocycles. The number of fused-ring (bicyclic) bond motifs is 5. The van der Waals surface area contributed by atoms with Crippen LogP contribution in [0, 0.1) is 22.7 Å². The Labute approximate surface area is 251 Å². The summed E-state index contributed by atoms with van der Waals surface area (Å²) < 4.78 is 0. The largest absolute Gasteiger partial charge is 0.310 e. The molecule has 0 saturated heterocycles. The Morgan fingerprint density at radius 3 is 2.33 bits per heavy atom. The van der Waals surface area contributed by atoms with Gasteiger partial charge in [0.15, 0.2) is 5.78 Å². The van der Waals surface area contributed by atoms with Gasteiger partial charge in [-0.05, 0) is 69.4 Å². The van der Waals surface area contributed by atoms with Crippen LogP contribution in [-0.4, -0.2) is 13.6 Å². The molecule has 7 rings (SSSR count). The number of anilines is 3. The van der Waals surface area contributed by atoms with E-state index in [1.54, 1.807) is 24.3 Å². The third-order valence-electron chi connectivity index (χ3n) is 8.58. The van der Waals surface area contributed by atoms with E-state index in [-0.39, 0.29) is 16.8 Å². The van der Waals surface area contributed by atoms with Gasteiger partial charge in [0.2, 0.25) is 0 Å². The zero-order valence-electron chi connectivity index (χ0n) is 23.7. The molecule has 0 atom stereocenters. The molecule has 43 heavy (non-hydrogen) atoms. The Bertz CT molecular complexity index is 2140. The van der Waals surface area contributed by atoms with Crippen LogP contribution in [0.2, 0.25) is 0 Å². The average Bonchev–Trinajstić information content (AvgIpc) is 3.28. The number of carbonyl (C=O) groups is 1. The molecular weight excluding hydrogens is 525 g/mol. The highest BCUT2D eigenvalue weighted by Crippen LogP contribution is 2.53. The van der Waals surface area contributed by atoms with Crippen LogP contribution in [0.4, 0.5) is 17.1 Å². The summed E-state index contributed by atoms with van der Waals surface area (Å²) in [4.78, 5) is 15.9. The fourth-order valence-corrected chi connectivity index (χ4v) is 6.67. The van der Waals surface area contributed by atoms with Crippen LogP contribution < -0.4 is 10.4 Å². The van der Waals surface area contributed by atoms with Gasteiger partial charge in [-0.25, -0.2) is 0 Å². The van der Waals surface area contributed by atoms with E-state index in [1.165, 1.54) is 11.1 Å². The lowest BCUT2D eigenvalue weighted by Gasteiger charge is -2.42. The van der Waals surface area contributed by atoms with Gasteiger partial charge in [-0.2, -0.15) is 10.5 Å². The highest BCUT2D eigenvalue weighted by atomic mass is 16.1. The van der Waals surface area contributed by atoms with Gasteiger partial charge in [0.25, 0.3) is 0 Å². The summed E-state index contributed by atoms with van der Waals surface area (Å²) in [5.41, 5.74) is 8.37. The van der Waals surface area contributed by atoms with E-state index in [0.717, 1.165) is 33.4 Å². The Kier molecular flexibility index (Phi) is 5.94. The first kappa shape index (κ1) is 26.3. The molecule has 1 aliphatic carbocycles. The molecule has 0 unspecified atom stereocenters. The number of para-hydroxylation sites is 2. The molecule has 0 spiro atoms. The minimum absolute atomic E-state index is 0.0978. The first-order valence-electron chi connectivity index (χ1n) is 14.1. The van der Waals surface area contributed by atoms with Crippen molar-refractivity contribution in [3.8, 4) is 12.1 Å². The molecular formula is C38H24BN3O. The molecule has 0 fully saturated rings. The van der Waals surface area contributed by atoms with Crippen molar-refractivity contribution < 1.29 is 4.79 Å². The number of hydrogen-bond acceptors (Lipinski definition) is 4. The molecule has 0 amide bonds. The standard InChI is InChI=1S/C38H24BN3O/c1-38(2)32-10-6-7-11-33(32)42(27-8-4-3-5-9-27)34-17-13-24-18-23(12-15-28(24)36(34)38)19-31-35(25(21-40)22-41)29-16-14-26(39)20-30(29)37(31)43/h3-20H,1-2H3/b31-19-. The van der Waals surface area contributed by atoms with Crippen molar-refractivity contribution in [1.29, 1.82) is 10.5 Å². The maximum atomic E-state index is 13.5. The van der Waals surface area contributed by atoms with E-state index in [4.69, 9.17) is 7.85 Å². The highest BCUT2D eigenvalue weighted by molar-refractivity contribution is 6.35. The van der Waals surface area contributed by atoms with Crippen LogP contribution in [0.5, 0.6) is 0 Å². The van der Waals surface area contributed by atoms with E-state index in [0.29, 0.717) is 27.7 Å². The summed E-state index contributed by atoms with van der Waals surface area (Å²) >= 11 is 0. The summed E-state index contributed by atoms with van der Waals surface area (Å²) in [5, 5.41) is 21.6. The Morgan fingerprint density at radius 1 is 0.814 bits per heavy atom. The van der Waals surface area contributed by atoms with Crippen LogP contribution in [0.3, 0.4) is 0 Å². The van der Waals surface area contributed by atoms with E-state index < -0.39 is 0 Å². The number of benzene rings is 5. The molecule has 2 radical (unpaired) electrons. The second-order valence-electron chi connectivity index (χ2n) is 11.4. The Hall–Kier alpha value is -5.65. The van der Waals surface area contributed by atoms with Crippen molar-refractivity contribution in [2.75, 3.05) is 4.90 Å². The number of Topliss-reactive ketones (excluding diaryl/α,β-unsaturated/α-hetero) is 1. The Balaban J connectivity index is 1.42. The van der Waals surface area contributed by atoms with E-state index in [2.05, 4.69) is 91.5 Å². The smallest absolute Gasteiger partial charge is 0.194 e. The van der Waals surface area contributed by atoms with Gasteiger partial charge in [0.05, 0.1) is 11.4 Å². The lowest BCUT2D eigenvalue weighted by molar-refractivity contribution is 0.104. The minimum atomic E-state index is -0.274. The normalized spacial score (nSPS) is 15.4. The van der Waals surface area contributed by atoms with Gasteiger partial charge < -0.3 is 4.90 Å². The van der Waals surface area contributed by atoms with Crippen LogP contribution in [0.15, 0.2) is 114 Å². The second-order valence-corrected chi connectivity index (χ2v) is 11.4. The summed E-state index contributed by atoms with van der Waals surface area (Å²) in [5.74, 6) is -0.248. The quantitative estimate of drug-likeness (QED) is 0.128. The van der Waals surface area contributed by atoms with Crippen molar-refractivity contribution in [2.45, 2.75) is 19.3 Å². The number of carbonyl (C=O) groups excluding carboxylic acids is 1. The molecule has 5 aromatic rings. The van der Waals surface area contributed by atoms with E-state index in [9.17, 15) is 15.3 Å². The zero-order chi connectivity index (χ0) is 29.9. The fraction of sp³-hybridized carbons (Fsp3) is 0.0789. The van der Waals surface area contributed by atoms with Crippen LogP contribution in [0.1, 0.15) is 46.5 Å². The van der Waals surface area contributed by atoms with Crippen LogP contribution in [0.25, 0.3) is 22.4 Å². The SMILES string of the molecule is [B]c1ccc2c(c1)C(=O)/C(=C\c1ccc3c4c(ccc3c1)N(c1ccccc1)c1ccccc1C4(C)C)C2=C(C#N)C#N. The fourth-order valence-electron chi connectivity index (χ4n) is 6.67. The van der Waals surface area contributed by atoms with E-state index >= 15 is 0 Å². The first-order chi connectivity index (χ1) is 20.8. The molecule has 0 aromatic heterocycles. The molecule has 200 valence electrons. The number of ketones is 1. The number of nitrogens with zero attached hydrogens (tertiary/aromatic N) is 3. The topological polar surface area (TPSA) is 67.9 Å². The van der Waals surface area contributed by atoms with Crippen molar-refractivity contribution in [2.24, 2.45) is 0 Å². The second kappa shape index (κ2) is 9.73. The number of rotatable bonds is 2. The minimum Gasteiger partial charge on any atom is -0.310 e. The summed E-state index contributed by atoms with van der Waals surface area (Å²) in [6.45, 7) is 4.54. The third kappa shape index (κ3) is 3.94. The third-order valence-corrected chi connectivity index (χ3v) is 8.58. The van der Waals surface area contributed by atoms with E-state index in [1.807, 2.05) is 24.3 Å². The van der Waals surface area contributed by atoms with Gasteiger partial charge in [-0.3, -0.25) is 4.79 Å². The van der Waals surface area contributed by atoms with Gasteiger partial charge in [0.1, 0.15) is 25.6 Å². The van der Waals surface area contributed by atoms with Crippen LogP contribution >= 0.6 is 0 Å². The molecule has 5 aromatic carbocycles. The van der Waals surface area contributed by atoms with Crippen molar-refractivity contribution in [3.05, 3.63) is 142 Å².